The van der Waals surface area contributed by atoms with Crippen molar-refractivity contribution in [2.24, 2.45) is 15.9 Å². The van der Waals surface area contributed by atoms with Crippen molar-refractivity contribution < 1.29 is 17.9 Å². The predicted molar refractivity (Wildman–Crippen MR) is 151 cm³/mol. The number of nitrogens with zero attached hydrogens (tertiary/aromatic N) is 3. The highest BCUT2D eigenvalue weighted by Gasteiger charge is 2.22. The quantitative estimate of drug-likeness (QED) is 0.402. The van der Waals surface area contributed by atoms with Crippen LogP contribution in [0.4, 0.5) is 8.78 Å². The minimum Gasteiger partial charge on any atom is -0.498 e. The first-order valence-corrected chi connectivity index (χ1v) is 13.7. The molecule has 0 bridgehead atoms. The molecule has 0 N–H and O–H groups in total. The Morgan fingerprint density at radius 3 is 2.62 bits per heavy atom. The summed E-state index contributed by atoms with van der Waals surface area (Å²) in [6.07, 6.45) is 10.7. The Morgan fingerprint density at radius 1 is 1.00 bits per heavy atom. The Labute approximate surface area is 228 Å². The van der Waals surface area contributed by atoms with E-state index in [2.05, 4.69) is 31.0 Å². The number of oxazole rings is 1. The molecule has 0 radical (unpaired) electrons. The zero-order valence-electron chi connectivity index (χ0n) is 23.1. The lowest BCUT2D eigenvalue weighted by Crippen LogP contribution is -2.08. The van der Waals surface area contributed by atoms with Gasteiger partial charge in [-0.05, 0) is 70.6 Å². The van der Waals surface area contributed by atoms with E-state index in [1.165, 1.54) is 11.6 Å². The van der Waals surface area contributed by atoms with Gasteiger partial charge in [-0.2, -0.15) is 0 Å². The highest BCUT2D eigenvalue weighted by atomic mass is 19.2. The summed E-state index contributed by atoms with van der Waals surface area (Å²) in [4.78, 5) is 14.3. The summed E-state index contributed by atoms with van der Waals surface area (Å²) in [5, 5.41) is 0. The van der Waals surface area contributed by atoms with Crippen molar-refractivity contribution in [2.75, 3.05) is 13.2 Å². The third kappa shape index (κ3) is 6.02. The van der Waals surface area contributed by atoms with Gasteiger partial charge in [-0.25, -0.2) is 13.8 Å². The summed E-state index contributed by atoms with van der Waals surface area (Å²) in [5.74, 6) is 1.02. The molecule has 0 spiro atoms. The lowest BCUT2D eigenvalue weighted by Gasteiger charge is -2.16. The fourth-order valence-corrected chi connectivity index (χ4v) is 5.43. The van der Waals surface area contributed by atoms with Crippen molar-refractivity contribution in [2.45, 2.75) is 66.2 Å². The molecule has 5 nitrogen and oxygen atoms in total. The van der Waals surface area contributed by atoms with Crippen LogP contribution in [0.3, 0.4) is 0 Å². The molecule has 39 heavy (non-hydrogen) atoms. The molecule has 1 unspecified atom stereocenters. The van der Waals surface area contributed by atoms with E-state index in [-0.39, 0.29) is 11.5 Å². The van der Waals surface area contributed by atoms with Gasteiger partial charge >= 0.3 is 0 Å². The average molecular weight is 532 g/mol. The Kier molecular flexibility index (Phi) is 8.05. The highest BCUT2D eigenvalue weighted by molar-refractivity contribution is 6.03. The van der Waals surface area contributed by atoms with E-state index in [1.54, 1.807) is 6.07 Å². The summed E-state index contributed by atoms with van der Waals surface area (Å²) in [5.41, 5.74) is 6.93. The number of allylic oxidation sites excluding steroid dienone is 6. The van der Waals surface area contributed by atoms with Crippen molar-refractivity contribution in [3.63, 3.8) is 0 Å². The van der Waals surface area contributed by atoms with Crippen molar-refractivity contribution in [3.8, 4) is 0 Å². The summed E-state index contributed by atoms with van der Waals surface area (Å²) in [6.45, 7) is 9.32. The summed E-state index contributed by atoms with van der Waals surface area (Å²) in [7, 11) is 0. The lowest BCUT2D eigenvalue weighted by molar-refractivity contribution is 0.196. The number of hydrogen-bond acceptors (Lipinski definition) is 5. The van der Waals surface area contributed by atoms with Gasteiger partial charge in [0.1, 0.15) is 11.5 Å². The van der Waals surface area contributed by atoms with E-state index in [0.717, 1.165) is 71.4 Å². The fraction of sp³-hybridized carbons (Fsp3) is 0.406. The first kappa shape index (κ1) is 27.0. The Balaban J connectivity index is 1.39. The van der Waals surface area contributed by atoms with Crippen molar-refractivity contribution in [1.29, 1.82) is 0 Å². The summed E-state index contributed by atoms with van der Waals surface area (Å²) >= 11 is 0. The molecule has 1 aromatic heterocycles. The monoisotopic (exact) mass is 531 g/mol. The number of fused-ring (bicyclic) bond motifs is 1. The van der Waals surface area contributed by atoms with Crippen LogP contribution in [0.15, 0.2) is 72.9 Å². The van der Waals surface area contributed by atoms with Gasteiger partial charge in [0, 0.05) is 49.2 Å². The van der Waals surface area contributed by atoms with Crippen LogP contribution in [-0.4, -0.2) is 30.1 Å². The Morgan fingerprint density at radius 2 is 1.82 bits per heavy atom. The molecule has 0 saturated heterocycles. The maximum Gasteiger partial charge on any atom is 0.191 e. The molecule has 0 saturated carbocycles. The molecule has 1 atom stereocenters. The maximum atomic E-state index is 14.6. The predicted octanol–water partition coefficient (Wildman–Crippen LogP) is 8.00. The second-order valence-corrected chi connectivity index (χ2v) is 10.6. The fourth-order valence-electron chi connectivity index (χ4n) is 5.43. The number of aliphatic imine (C=N–C) groups is 2. The van der Waals surface area contributed by atoms with E-state index in [4.69, 9.17) is 19.1 Å². The average Bonchev–Trinajstić information content (AvgIpc) is 3.08. The highest BCUT2D eigenvalue weighted by Crippen LogP contribution is 2.33. The minimum absolute atomic E-state index is 0.230. The molecule has 3 aliphatic heterocycles. The largest absolute Gasteiger partial charge is 0.498 e. The molecule has 4 heterocycles. The zero-order valence-corrected chi connectivity index (χ0v) is 23.1. The number of halogens is 2. The topological polar surface area (TPSA) is 60.0 Å². The van der Waals surface area contributed by atoms with Crippen molar-refractivity contribution >= 4 is 17.5 Å². The van der Waals surface area contributed by atoms with Crippen LogP contribution in [0.1, 0.15) is 75.3 Å². The van der Waals surface area contributed by atoms with Crippen molar-refractivity contribution in [3.05, 3.63) is 93.1 Å². The summed E-state index contributed by atoms with van der Waals surface area (Å²) in [6, 6.07) is 4.27. The normalized spacial score (nSPS) is 20.6. The van der Waals surface area contributed by atoms with Crippen LogP contribution in [0.25, 0.3) is 5.57 Å². The van der Waals surface area contributed by atoms with E-state index >= 15 is 0 Å². The van der Waals surface area contributed by atoms with E-state index < -0.39 is 11.6 Å². The maximum absolute atomic E-state index is 14.6. The van der Waals surface area contributed by atoms with Gasteiger partial charge < -0.3 is 9.15 Å². The molecule has 2 aromatic rings. The molecule has 0 fully saturated rings. The molecule has 5 rings (SSSR count). The van der Waals surface area contributed by atoms with Crippen LogP contribution in [0.2, 0.25) is 0 Å². The molecule has 0 amide bonds. The van der Waals surface area contributed by atoms with E-state index in [1.807, 2.05) is 20.1 Å². The third-order valence-electron chi connectivity index (χ3n) is 7.67. The third-order valence-corrected chi connectivity index (χ3v) is 7.67. The van der Waals surface area contributed by atoms with Crippen LogP contribution in [0, 0.1) is 31.4 Å². The van der Waals surface area contributed by atoms with E-state index in [9.17, 15) is 8.78 Å². The number of hydrogen-bond donors (Lipinski definition) is 0. The first-order chi connectivity index (χ1) is 18.8. The second kappa shape index (κ2) is 11.6. The van der Waals surface area contributed by atoms with Gasteiger partial charge in [-0.3, -0.25) is 9.98 Å². The number of benzene rings is 1. The number of aryl methyl sites for hydroxylation is 2. The van der Waals surface area contributed by atoms with Crippen LogP contribution < -0.4 is 0 Å². The molecular weight excluding hydrogens is 496 g/mol. The SMILES string of the molecule is CC1=C2C=NCC(CC3=CC(c4nc(C)oc4C)=C(C)CCO3)CCC=C2N=C(c2cccc(F)c2F)CC1. The van der Waals surface area contributed by atoms with Gasteiger partial charge in [0.2, 0.25) is 0 Å². The molecule has 3 aliphatic rings. The number of aromatic nitrogens is 1. The lowest BCUT2D eigenvalue weighted by atomic mass is 9.96. The van der Waals surface area contributed by atoms with Gasteiger partial charge in [0.05, 0.1) is 23.8 Å². The second-order valence-electron chi connectivity index (χ2n) is 10.6. The molecule has 7 heteroatoms. The van der Waals surface area contributed by atoms with Crippen LogP contribution in [0.5, 0.6) is 0 Å². The number of rotatable bonds is 4. The minimum atomic E-state index is -0.853. The van der Waals surface area contributed by atoms with Crippen LogP contribution in [-0.2, 0) is 4.74 Å². The van der Waals surface area contributed by atoms with Gasteiger partial charge in [0.15, 0.2) is 17.5 Å². The number of ether oxygens (including phenoxy) is 1. The Hall–Kier alpha value is -3.61. The molecule has 204 valence electrons. The van der Waals surface area contributed by atoms with Crippen LogP contribution >= 0.6 is 0 Å². The first-order valence-electron chi connectivity index (χ1n) is 13.7. The van der Waals surface area contributed by atoms with E-state index in [0.29, 0.717) is 37.6 Å². The zero-order chi connectivity index (χ0) is 27.5. The molecular formula is C32H35F2N3O2. The van der Waals surface area contributed by atoms with Gasteiger partial charge in [-0.15, -0.1) is 0 Å². The van der Waals surface area contributed by atoms with Crippen molar-refractivity contribution in [1.82, 2.24) is 4.98 Å². The smallest absolute Gasteiger partial charge is 0.191 e. The van der Waals surface area contributed by atoms with Gasteiger partial charge in [0.25, 0.3) is 0 Å². The standard InChI is InChI=1S/C32H35F2N3O2/c1-19-11-12-30(25-8-6-9-28(33)31(25)34)37-29-10-5-7-23(17-35-18-27(19)29)15-24-16-26(20(2)13-14-38-24)32-21(3)39-22(4)36-32/h6,8-10,16,18,23H,5,7,11-15,17H2,1-4H3. The van der Waals surface area contributed by atoms with Gasteiger partial charge in [-0.1, -0.05) is 23.3 Å². The Bertz CT molecular complexity index is 1460. The molecule has 0 aliphatic carbocycles. The summed E-state index contributed by atoms with van der Waals surface area (Å²) < 4.78 is 40.4. The molecule has 1 aromatic carbocycles.